The number of carbonyl (C=O) groups excluding carboxylic acids is 2. The van der Waals surface area contributed by atoms with E-state index >= 15 is 0 Å². The molecule has 0 saturated heterocycles. The number of nitrogens with one attached hydrogen (secondary N) is 1. The first-order valence-electron chi connectivity index (χ1n) is 6.49. The molecular formula is C16H15NO4S. The fourth-order valence-corrected chi connectivity index (χ4v) is 2.28. The summed E-state index contributed by atoms with van der Waals surface area (Å²) in [5, 5.41) is 6.43. The highest BCUT2D eigenvalue weighted by atomic mass is 32.1. The van der Waals surface area contributed by atoms with E-state index in [1.54, 1.807) is 30.3 Å². The maximum Gasteiger partial charge on any atom is 0.331 e. The zero-order chi connectivity index (χ0) is 15.8. The van der Waals surface area contributed by atoms with Crippen LogP contribution in [0.1, 0.15) is 5.56 Å². The first-order valence-corrected chi connectivity index (χ1v) is 7.43. The summed E-state index contributed by atoms with van der Waals surface area (Å²) < 4.78 is 9.99. The van der Waals surface area contributed by atoms with Crippen LogP contribution in [0.15, 0.2) is 47.2 Å². The largest absolute Gasteiger partial charge is 0.495 e. The molecule has 0 bridgehead atoms. The number of benzene rings is 1. The van der Waals surface area contributed by atoms with Gasteiger partial charge in [0.1, 0.15) is 5.75 Å². The van der Waals surface area contributed by atoms with E-state index < -0.39 is 11.9 Å². The number of methoxy groups -OCH3 is 1. The molecule has 0 aliphatic rings. The van der Waals surface area contributed by atoms with Crippen molar-refractivity contribution >= 4 is 35.0 Å². The molecule has 0 atom stereocenters. The van der Waals surface area contributed by atoms with Crippen LogP contribution in [0.2, 0.25) is 0 Å². The van der Waals surface area contributed by atoms with Gasteiger partial charge in [-0.1, -0.05) is 12.1 Å². The number of ether oxygens (including phenoxy) is 2. The number of anilines is 1. The first-order chi connectivity index (χ1) is 10.7. The minimum absolute atomic E-state index is 0.356. The molecule has 1 N–H and O–H groups in total. The van der Waals surface area contributed by atoms with Crippen LogP contribution in [0.4, 0.5) is 5.69 Å². The Morgan fingerprint density at radius 3 is 2.82 bits per heavy atom. The predicted molar refractivity (Wildman–Crippen MR) is 85.9 cm³/mol. The smallest absolute Gasteiger partial charge is 0.331 e. The van der Waals surface area contributed by atoms with Crippen molar-refractivity contribution in [2.24, 2.45) is 0 Å². The van der Waals surface area contributed by atoms with Crippen LogP contribution in [0, 0.1) is 0 Å². The molecule has 1 heterocycles. The molecule has 0 aliphatic carbocycles. The monoisotopic (exact) mass is 317 g/mol. The lowest BCUT2D eigenvalue weighted by molar-refractivity contribution is -0.142. The molecule has 1 aromatic heterocycles. The van der Waals surface area contributed by atoms with Crippen LogP contribution in [0.25, 0.3) is 6.08 Å². The number of amides is 1. The van der Waals surface area contributed by atoms with Crippen molar-refractivity contribution < 1.29 is 19.1 Å². The van der Waals surface area contributed by atoms with Gasteiger partial charge in [0, 0.05) is 6.08 Å². The molecule has 0 spiro atoms. The molecule has 114 valence electrons. The van der Waals surface area contributed by atoms with Crippen LogP contribution < -0.4 is 10.1 Å². The van der Waals surface area contributed by atoms with Gasteiger partial charge in [-0.25, -0.2) is 4.79 Å². The summed E-state index contributed by atoms with van der Waals surface area (Å²) in [7, 11) is 1.51. The van der Waals surface area contributed by atoms with Crippen LogP contribution in [0.3, 0.4) is 0 Å². The van der Waals surface area contributed by atoms with Gasteiger partial charge in [0.25, 0.3) is 5.91 Å². The van der Waals surface area contributed by atoms with Gasteiger partial charge in [-0.2, -0.15) is 11.3 Å². The molecule has 1 amide bonds. The van der Waals surface area contributed by atoms with E-state index in [0.717, 1.165) is 5.56 Å². The number of hydrogen-bond acceptors (Lipinski definition) is 5. The lowest BCUT2D eigenvalue weighted by Gasteiger charge is -2.09. The average Bonchev–Trinajstić information content (AvgIpc) is 3.05. The summed E-state index contributed by atoms with van der Waals surface area (Å²) in [6, 6.07) is 8.88. The molecule has 0 radical (unpaired) electrons. The maximum absolute atomic E-state index is 11.8. The molecule has 22 heavy (non-hydrogen) atoms. The molecular weight excluding hydrogens is 302 g/mol. The van der Waals surface area contributed by atoms with Crippen molar-refractivity contribution in [3.63, 3.8) is 0 Å². The van der Waals surface area contributed by atoms with Crippen molar-refractivity contribution in [2.45, 2.75) is 0 Å². The van der Waals surface area contributed by atoms with Gasteiger partial charge < -0.3 is 14.8 Å². The lowest BCUT2D eigenvalue weighted by atomic mass is 10.3. The number of hydrogen-bond donors (Lipinski definition) is 1. The molecule has 1 aromatic carbocycles. The Morgan fingerprint density at radius 1 is 1.27 bits per heavy atom. The van der Waals surface area contributed by atoms with E-state index in [-0.39, 0.29) is 6.61 Å². The van der Waals surface area contributed by atoms with E-state index in [0.29, 0.717) is 11.4 Å². The van der Waals surface area contributed by atoms with E-state index in [1.165, 1.54) is 24.5 Å². The van der Waals surface area contributed by atoms with E-state index in [9.17, 15) is 9.59 Å². The minimum Gasteiger partial charge on any atom is -0.495 e. The minimum atomic E-state index is -0.568. The normalized spacial score (nSPS) is 10.4. The SMILES string of the molecule is COc1ccccc1NC(=O)COC(=O)/C=C/c1ccsc1. The summed E-state index contributed by atoms with van der Waals surface area (Å²) in [6.07, 6.45) is 2.93. The Bertz CT molecular complexity index is 665. The lowest BCUT2D eigenvalue weighted by Crippen LogP contribution is -2.20. The molecule has 0 unspecified atom stereocenters. The Labute approximate surface area is 132 Å². The molecule has 0 fully saturated rings. The number of rotatable bonds is 6. The summed E-state index contributed by atoms with van der Waals surface area (Å²) in [4.78, 5) is 23.3. The summed E-state index contributed by atoms with van der Waals surface area (Å²) in [5.74, 6) is -0.456. The van der Waals surface area contributed by atoms with Crippen molar-refractivity contribution in [3.8, 4) is 5.75 Å². The highest BCUT2D eigenvalue weighted by molar-refractivity contribution is 7.08. The predicted octanol–water partition coefficient (Wildman–Crippen LogP) is 2.95. The van der Waals surface area contributed by atoms with Crippen LogP contribution in [-0.4, -0.2) is 25.6 Å². The summed E-state index contributed by atoms with van der Waals surface area (Å²) >= 11 is 1.53. The number of carbonyl (C=O) groups is 2. The molecule has 0 aliphatic heterocycles. The number of thiophene rings is 1. The standard InChI is InChI=1S/C16H15NO4S/c1-20-14-5-3-2-4-13(14)17-15(18)10-21-16(19)7-6-12-8-9-22-11-12/h2-9,11H,10H2,1H3,(H,17,18)/b7-6+. The summed E-state index contributed by atoms with van der Waals surface area (Å²) in [6.45, 7) is -0.356. The molecule has 0 saturated carbocycles. The fraction of sp³-hybridized carbons (Fsp3) is 0.125. The third-order valence-electron chi connectivity index (χ3n) is 2.68. The molecule has 2 aromatic rings. The van der Waals surface area contributed by atoms with Crippen LogP contribution in [-0.2, 0) is 14.3 Å². The molecule has 2 rings (SSSR count). The second kappa shape index (κ2) is 7.99. The van der Waals surface area contributed by atoms with E-state index in [1.807, 2.05) is 16.8 Å². The molecule has 5 nitrogen and oxygen atoms in total. The van der Waals surface area contributed by atoms with Crippen molar-refractivity contribution in [1.29, 1.82) is 0 Å². The topological polar surface area (TPSA) is 64.6 Å². The van der Waals surface area contributed by atoms with Gasteiger partial charge in [-0.05, 0) is 40.6 Å². The van der Waals surface area contributed by atoms with Gasteiger partial charge >= 0.3 is 5.97 Å². The fourth-order valence-electron chi connectivity index (χ4n) is 1.65. The zero-order valence-corrected chi connectivity index (χ0v) is 12.8. The van der Waals surface area contributed by atoms with Crippen molar-refractivity contribution in [1.82, 2.24) is 0 Å². The average molecular weight is 317 g/mol. The van der Waals surface area contributed by atoms with E-state index in [2.05, 4.69) is 5.32 Å². The third-order valence-corrected chi connectivity index (χ3v) is 3.38. The van der Waals surface area contributed by atoms with Gasteiger partial charge in [0.05, 0.1) is 12.8 Å². The van der Waals surface area contributed by atoms with Gasteiger partial charge in [0.15, 0.2) is 6.61 Å². The quantitative estimate of drug-likeness (QED) is 0.657. The Hall–Kier alpha value is -2.60. The van der Waals surface area contributed by atoms with Gasteiger partial charge in [-0.15, -0.1) is 0 Å². The van der Waals surface area contributed by atoms with Crippen molar-refractivity contribution in [2.75, 3.05) is 19.0 Å². The molecule has 6 heteroatoms. The first kappa shape index (κ1) is 15.8. The third kappa shape index (κ3) is 4.75. The Morgan fingerprint density at radius 2 is 2.09 bits per heavy atom. The second-order valence-corrected chi connectivity index (χ2v) is 5.03. The van der Waals surface area contributed by atoms with Gasteiger partial charge in [-0.3, -0.25) is 4.79 Å². The Balaban J connectivity index is 1.81. The van der Waals surface area contributed by atoms with Crippen LogP contribution in [0.5, 0.6) is 5.75 Å². The van der Waals surface area contributed by atoms with Crippen LogP contribution >= 0.6 is 11.3 Å². The second-order valence-electron chi connectivity index (χ2n) is 4.25. The van der Waals surface area contributed by atoms with E-state index in [4.69, 9.17) is 9.47 Å². The number of esters is 1. The zero-order valence-electron chi connectivity index (χ0n) is 11.9. The van der Waals surface area contributed by atoms with Crippen molar-refractivity contribution in [3.05, 3.63) is 52.7 Å². The number of para-hydroxylation sites is 2. The Kier molecular flexibility index (Phi) is 5.73. The highest BCUT2D eigenvalue weighted by Crippen LogP contribution is 2.22. The summed E-state index contributed by atoms with van der Waals surface area (Å²) in [5.41, 5.74) is 1.44. The van der Waals surface area contributed by atoms with Gasteiger partial charge in [0.2, 0.25) is 0 Å². The highest BCUT2D eigenvalue weighted by Gasteiger charge is 2.08. The maximum atomic E-state index is 11.8.